The third kappa shape index (κ3) is 1.76. The Hall–Kier alpha value is -2.29. The Balaban J connectivity index is 2.11. The van der Waals surface area contributed by atoms with Crippen molar-refractivity contribution >= 4 is 17.6 Å². The summed E-state index contributed by atoms with van der Waals surface area (Å²) in [6.07, 6.45) is 2.09. The summed E-state index contributed by atoms with van der Waals surface area (Å²) < 4.78 is 0. The van der Waals surface area contributed by atoms with Gasteiger partial charge in [-0.15, -0.1) is 0 Å². The lowest BCUT2D eigenvalue weighted by atomic mass is 10.2. The zero-order valence-corrected chi connectivity index (χ0v) is 9.38. The highest BCUT2D eigenvalue weighted by molar-refractivity contribution is 5.59. The van der Waals surface area contributed by atoms with Gasteiger partial charge in [0.1, 0.15) is 6.67 Å². The first kappa shape index (κ1) is 9.90. The van der Waals surface area contributed by atoms with Gasteiger partial charge in [-0.25, -0.2) is 0 Å². The van der Waals surface area contributed by atoms with Gasteiger partial charge in [-0.2, -0.15) is 0 Å². The zero-order valence-electron chi connectivity index (χ0n) is 9.38. The molecule has 3 nitrogen and oxygen atoms in total. The van der Waals surface area contributed by atoms with Gasteiger partial charge in [0, 0.05) is 17.1 Å². The molecule has 17 heavy (non-hydrogen) atoms. The molecule has 1 heterocycles. The summed E-state index contributed by atoms with van der Waals surface area (Å²) >= 11 is 0. The van der Waals surface area contributed by atoms with E-state index in [4.69, 9.17) is 5.73 Å². The van der Waals surface area contributed by atoms with Crippen LogP contribution in [0.4, 0.5) is 11.4 Å². The molecule has 0 fully saturated rings. The summed E-state index contributed by atoms with van der Waals surface area (Å²) in [5.74, 6) is 0. The molecule has 0 saturated carbocycles. The fourth-order valence-electron chi connectivity index (χ4n) is 2.00. The number of rotatable bonds is 1. The lowest BCUT2D eigenvalue weighted by Crippen LogP contribution is -2.37. The number of nitrogens with two attached hydrogens (primary N) is 1. The Kier molecular flexibility index (Phi) is 2.29. The Labute approximate surface area is 99.5 Å². The highest BCUT2D eigenvalue weighted by Gasteiger charge is 2.06. The molecular weight excluding hydrogens is 210 g/mol. The smallest absolute Gasteiger partial charge is 0.115 e. The largest absolute Gasteiger partial charge is 0.397 e. The molecule has 0 amide bonds. The van der Waals surface area contributed by atoms with Crippen molar-refractivity contribution in [3.05, 3.63) is 59.1 Å². The topological polar surface area (TPSA) is 41.6 Å². The molecule has 0 radical (unpaired) electrons. The van der Waals surface area contributed by atoms with E-state index < -0.39 is 0 Å². The van der Waals surface area contributed by atoms with Crippen molar-refractivity contribution in [1.82, 2.24) is 0 Å². The maximum atomic E-state index is 5.89. The molecule has 0 atom stereocenters. The average Bonchev–Trinajstić information content (AvgIpc) is 2.40. The van der Waals surface area contributed by atoms with E-state index in [2.05, 4.69) is 28.2 Å². The van der Waals surface area contributed by atoms with Crippen LogP contribution in [-0.2, 0) is 0 Å². The molecule has 1 aliphatic rings. The van der Waals surface area contributed by atoms with E-state index in [-0.39, 0.29) is 0 Å². The summed E-state index contributed by atoms with van der Waals surface area (Å²) in [5, 5.41) is 1.97. The molecule has 3 heteroatoms. The zero-order chi connectivity index (χ0) is 11.7. The van der Waals surface area contributed by atoms with Gasteiger partial charge in [0.2, 0.25) is 0 Å². The monoisotopic (exact) mass is 223 g/mol. The van der Waals surface area contributed by atoms with Crippen molar-refractivity contribution in [2.45, 2.75) is 0 Å². The molecule has 84 valence electrons. The van der Waals surface area contributed by atoms with Crippen LogP contribution in [0.1, 0.15) is 0 Å². The number of hydrogen-bond donors (Lipinski definition) is 1. The number of anilines is 2. The molecule has 0 bridgehead atoms. The van der Waals surface area contributed by atoms with Gasteiger partial charge in [0.05, 0.1) is 11.0 Å². The van der Waals surface area contributed by atoms with Gasteiger partial charge in [0.15, 0.2) is 0 Å². The maximum absolute atomic E-state index is 5.89. The Bertz CT molecular complexity index is 647. The minimum absolute atomic E-state index is 0.616. The van der Waals surface area contributed by atoms with E-state index in [9.17, 15) is 0 Å². The van der Waals surface area contributed by atoms with Gasteiger partial charge >= 0.3 is 0 Å². The normalized spacial score (nSPS) is 13.5. The predicted molar refractivity (Wildman–Crippen MR) is 69.9 cm³/mol. The fourth-order valence-corrected chi connectivity index (χ4v) is 2.00. The minimum Gasteiger partial charge on any atom is -0.397 e. The molecule has 2 aromatic rings. The summed E-state index contributed by atoms with van der Waals surface area (Å²) in [4.78, 5) is 6.63. The first-order valence-electron chi connectivity index (χ1n) is 5.57. The number of hydrogen-bond acceptors (Lipinski definition) is 3. The van der Waals surface area contributed by atoms with Crippen LogP contribution in [-0.4, -0.2) is 6.67 Å². The first-order valence-corrected chi connectivity index (χ1v) is 5.57. The molecule has 1 aliphatic heterocycles. The summed E-state index contributed by atoms with van der Waals surface area (Å²) in [7, 11) is 0. The van der Waals surface area contributed by atoms with Crippen LogP contribution in [0.15, 0.2) is 53.5 Å². The molecule has 0 unspecified atom stereocenters. The van der Waals surface area contributed by atoms with Crippen LogP contribution in [0.5, 0.6) is 0 Å². The van der Waals surface area contributed by atoms with Gasteiger partial charge < -0.3 is 10.6 Å². The Morgan fingerprint density at radius 3 is 2.65 bits per heavy atom. The molecule has 0 aliphatic carbocycles. The van der Waals surface area contributed by atoms with Crippen molar-refractivity contribution in [2.24, 2.45) is 4.99 Å². The summed E-state index contributed by atoms with van der Waals surface area (Å²) in [6.45, 7) is 0.616. The number of para-hydroxylation sites is 2. The molecule has 3 rings (SSSR count). The standard InChI is InChI=1S/C14H13N3/c15-13-8-4-5-11-9-17(10-16-14(11)13)12-6-2-1-3-7-12/h1-9H,10,15H2. The number of benzene rings is 2. The van der Waals surface area contributed by atoms with E-state index in [0.29, 0.717) is 6.67 Å². The van der Waals surface area contributed by atoms with Gasteiger partial charge in [-0.1, -0.05) is 30.3 Å². The van der Waals surface area contributed by atoms with Crippen LogP contribution >= 0.6 is 0 Å². The lowest BCUT2D eigenvalue weighted by molar-refractivity contribution is 0.941. The van der Waals surface area contributed by atoms with E-state index in [1.54, 1.807) is 0 Å². The second-order valence-corrected chi connectivity index (χ2v) is 4.02. The van der Waals surface area contributed by atoms with Crippen molar-refractivity contribution in [1.29, 1.82) is 0 Å². The molecule has 0 saturated heterocycles. The Morgan fingerprint density at radius 2 is 1.82 bits per heavy atom. The van der Waals surface area contributed by atoms with E-state index in [1.807, 2.05) is 36.4 Å². The molecule has 0 spiro atoms. The number of fused-ring (bicyclic) bond motifs is 1. The first-order chi connectivity index (χ1) is 8.34. The van der Waals surface area contributed by atoms with Crippen molar-refractivity contribution in [3.8, 4) is 0 Å². The van der Waals surface area contributed by atoms with E-state index in [1.165, 1.54) is 0 Å². The molecule has 0 aromatic heterocycles. The van der Waals surface area contributed by atoms with Crippen LogP contribution < -0.4 is 21.2 Å². The number of nitrogens with zero attached hydrogens (tertiary/aromatic N) is 2. The number of nitrogen functional groups attached to an aromatic ring is 1. The third-order valence-corrected chi connectivity index (χ3v) is 2.86. The highest BCUT2D eigenvalue weighted by atomic mass is 15.2. The lowest BCUT2D eigenvalue weighted by Gasteiger charge is -2.20. The molecule has 2 N–H and O–H groups in total. The van der Waals surface area contributed by atoms with Crippen LogP contribution in [0, 0.1) is 0 Å². The summed E-state index contributed by atoms with van der Waals surface area (Å²) in [5.41, 5.74) is 7.78. The third-order valence-electron chi connectivity index (χ3n) is 2.86. The van der Waals surface area contributed by atoms with Gasteiger partial charge in [-0.05, 0) is 18.2 Å². The second-order valence-electron chi connectivity index (χ2n) is 4.02. The van der Waals surface area contributed by atoms with Crippen molar-refractivity contribution < 1.29 is 0 Å². The predicted octanol–water partition coefficient (Wildman–Crippen LogP) is 1.10. The van der Waals surface area contributed by atoms with Crippen LogP contribution in [0.25, 0.3) is 6.20 Å². The van der Waals surface area contributed by atoms with E-state index in [0.717, 1.165) is 22.0 Å². The van der Waals surface area contributed by atoms with Gasteiger partial charge in [-0.3, -0.25) is 4.99 Å². The quantitative estimate of drug-likeness (QED) is 0.736. The highest BCUT2D eigenvalue weighted by Crippen LogP contribution is 2.13. The SMILES string of the molecule is Nc1cccc2c1=NCN(c1ccccc1)C=2. The van der Waals surface area contributed by atoms with Gasteiger partial charge in [0.25, 0.3) is 0 Å². The average molecular weight is 223 g/mol. The Morgan fingerprint density at radius 1 is 1.00 bits per heavy atom. The van der Waals surface area contributed by atoms with Crippen molar-refractivity contribution in [2.75, 3.05) is 17.3 Å². The second kappa shape index (κ2) is 3.94. The maximum Gasteiger partial charge on any atom is 0.115 e. The molecule has 2 aromatic carbocycles. The van der Waals surface area contributed by atoms with Crippen LogP contribution in [0.2, 0.25) is 0 Å². The fraction of sp³-hybridized carbons (Fsp3) is 0.0714. The van der Waals surface area contributed by atoms with Crippen LogP contribution in [0.3, 0.4) is 0 Å². The minimum atomic E-state index is 0.616. The molecular formula is C14H13N3. The van der Waals surface area contributed by atoms with Crippen molar-refractivity contribution in [3.63, 3.8) is 0 Å². The van der Waals surface area contributed by atoms with E-state index >= 15 is 0 Å². The summed E-state index contributed by atoms with van der Waals surface area (Å²) in [6, 6.07) is 16.1.